The number of rotatable bonds is 17. The number of nitrogens with zero attached hydrogens (tertiary/aromatic N) is 1. The standard InChI is InChI=1S/C22H41NO/c1-2-3-4-5-6-7-8-9-10-11-12-13-14-15-16-17-20-23-21-18-19-22-24-23/h18-19,21-22H,2-17,20H2,1H3. The van der Waals surface area contributed by atoms with Crippen LogP contribution in [0.3, 0.4) is 0 Å². The van der Waals surface area contributed by atoms with Crippen molar-refractivity contribution in [3.63, 3.8) is 0 Å². The molecule has 0 aromatic rings. The summed E-state index contributed by atoms with van der Waals surface area (Å²) in [6, 6.07) is 0. The van der Waals surface area contributed by atoms with Crippen LogP contribution in [0.2, 0.25) is 0 Å². The van der Waals surface area contributed by atoms with Gasteiger partial charge in [0, 0.05) is 6.20 Å². The van der Waals surface area contributed by atoms with Crippen molar-refractivity contribution in [1.82, 2.24) is 5.06 Å². The van der Waals surface area contributed by atoms with Crippen LogP contribution >= 0.6 is 0 Å². The molecule has 0 bridgehead atoms. The Morgan fingerprint density at radius 3 is 1.46 bits per heavy atom. The number of hydroxylamine groups is 2. The van der Waals surface area contributed by atoms with E-state index in [4.69, 9.17) is 4.84 Å². The van der Waals surface area contributed by atoms with Gasteiger partial charge in [0.2, 0.25) is 0 Å². The third kappa shape index (κ3) is 13.5. The van der Waals surface area contributed by atoms with Crippen molar-refractivity contribution in [3.8, 4) is 0 Å². The van der Waals surface area contributed by atoms with Crippen LogP contribution in [-0.4, -0.2) is 11.6 Å². The largest absolute Gasteiger partial charge is 0.388 e. The van der Waals surface area contributed by atoms with E-state index in [1.807, 2.05) is 23.4 Å². The molecule has 1 aliphatic rings. The first-order valence-corrected chi connectivity index (χ1v) is 10.7. The normalized spacial score (nSPS) is 13.5. The molecule has 1 rings (SSSR count). The SMILES string of the molecule is CCCCCCCCCCCCCCCCCCN1C=CC=CO1. The Kier molecular flexibility index (Phi) is 14.9. The van der Waals surface area contributed by atoms with Gasteiger partial charge in [0.05, 0.1) is 6.54 Å². The minimum absolute atomic E-state index is 1.01. The van der Waals surface area contributed by atoms with Crippen LogP contribution in [0.5, 0.6) is 0 Å². The van der Waals surface area contributed by atoms with Crippen LogP contribution in [0.1, 0.15) is 110 Å². The Morgan fingerprint density at radius 2 is 1.04 bits per heavy atom. The molecule has 0 N–H and O–H groups in total. The van der Waals surface area contributed by atoms with Crippen LogP contribution < -0.4 is 0 Å². The zero-order chi connectivity index (χ0) is 17.1. The van der Waals surface area contributed by atoms with Crippen LogP contribution in [0.15, 0.2) is 24.6 Å². The van der Waals surface area contributed by atoms with Gasteiger partial charge >= 0.3 is 0 Å². The maximum absolute atomic E-state index is 5.37. The van der Waals surface area contributed by atoms with Crippen molar-refractivity contribution in [3.05, 3.63) is 24.6 Å². The van der Waals surface area contributed by atoms with Gasteiger partial charge in [-0.2, -0.15) is 0 Å². The van der Waals surface area contributed by atoms with Gasteiger partial charge in [-0.15, -0.1) is 0 Å². The first-order valence-electron chi connectivity index (χ1n) is 10.7. The van der Waals surface area contributed by atoms with Crippen LogP contribution in [-0.2, 0) is 4.84 Å². The van der Waals surface area contributed by atoms with E-state index < -0.39 is 0 Å². The van der Waals surface area contributed by atoms with Gasteiger partial charge in [0.15, 0.2) is 0 Å². The monoisotopic (exact) mass is 335 g/mol. The molecule has 0 unspecified atom stereocenters. The molecular formula is C22H41NO. The van der Waals surface area contributed by atoms with Crippen molar-refractivity contribution in [2.24, 2.45) is 0 Å². The highest BCUT2D eigenvalue weighted by Gasteiger charge is 2.00. The van der Waals surface area contributed by atoms with E-state index in [0.717, 1.165) is 6.54 Å². The molecule has 0 fully saturated rings. The van der Waals surface area contributed by atoms with E-state index in [2.05, 4.69) is 6.92 Å². The third-order valence-electron chi connectivity index (χ3n) is 4.87. The smallest absolute Gasteiger partial charge is 0.119 e. The summed E-state index contributed by atoms with van der Waals surface area (Å²) >= 11 is 0. The topological polar surface area (TPSA) is 12.5 Å². The number of allylic oxidation sites excluding steroid dienone is 2. The second-order valence-corrected chi connectivity index (χ2v) is 7.22. The zero-order valence-electron chi connectivity index (χ0n) is 16.2. The van der Waals surface area contributed by atoms with Crippen molar-refractivity contribution in [2.75, 3.05) is 6.54 Å². The van der Waals surface area contributed by atoms with E-state index in [1.54, 1.807) is 6.26 Å². The minimum Gasteiger partial charge on any atom is -0.388 e. The van der Waals surface area contributed by atoms with E-state index in [0.29, 0.717) is 0 Å². The Labute approximate surface area is 151 Å². The van der Waals surface area contributed by atoms with E-state index in [1.165, 1.54) is 103 Å². The summed E-state index contributed by atoms with van der Waals surface area (Å²) in [5.41, 5.74) is 0. The van der Waals surface area contributed by atoms with Crippen LogP contribution in [0, 0.1) is 0 Å². The average molecular weight is 336 g/mol. The van der Waals surface area contributed by atoms with Gasteiger partial charge in [-0.05, 0) is 18.6 Å². The van der Waals surface area contributed by atoms with Crippen LogP contribution in [0.25, 0.3) is 0 Å². The maximum Gasteiger partial charge on any atom is 0.119 e. The van der Waals surface area contributed by atoms with Crippen molar-refractivity contribution in [2.45, 2.75) is 110 Å². The highest BCUT2D eigenvalue weighted by molar-refractivity contribution is 5.01. The van der Waals surface area contributed by atoms with E-state index in [-0.39, 0.29) is 0 Å². The average Bonchev–Trinajstić information content (AvgIpc) is 2.62. The van der Waals surface area contributed by atoms with Gasteiger partial charge < -0.3 is 4.84 Å². The molecule has 0 saturated carbocycles. The molecule has 24 heavy (non-hydrogen) atoms. The predicted molar refractivity (Wildman–Crippen MR) is 106 cm³/mol. The Morgan fingerprint density at radius 1 is 0.583 bits per heavy atom. The summed E-state index contributed by atoms with van der Waals surface area (Å²) in [5.74, 6) is 0. The summed E-state index contributed by atoms with van der Waals surface area (Å²) in [5, 5.41) is 1.92. The van der Waals surface area contributed by atoms with Gasteiger partial charge in [0.1, 0.15) is 6.26 Å². The Bertz CT molecular complexity index is 311. The lowest BCUT2D eigenvalue weighted by Crippen LogP contribution is -2.17. The lowest BCUT2D eigenvalue weighted by Gasteiger charge is -2.19. The minimum atomic E-state index is 1.01. The summed E-state index contributed by atoms with van der Waals surface area (Å²) in [4.78, 5) is 5.37. The quantitative estimate of drug-likeness (QED) is 0.255. The Hall–Kier alpha value is -0.920. The fourth-order valence-electron chi connectivity index (χ4n) is 3.28. The molecule has 0 spiro atoms. The van der Waals surface area contributed by atoms with Gasteiger partial charge in [-0.3, -0.25) is 0 Å². The fourth-order valence-corrected chi connectivity index (χ4v) is 3.28. The second kappa shape index (κ2) is 16.9. The first kappa shape index (κ1) is 21.1. The number of hydrogen-bond acceptors (Lipinski definition) is 2. The molecule has 0 amide bonds. The van der Waals surface area contributed by atoms with Gasteiger partial charge in [-0.1, -0.05) is 103 Å². The Balaban J connectivity index is 1.67. The summed E-state index contributed by atoms with van der Waals surface area (Å²) in [6.07, 6.45) is 30.4. The molecule has 140 valence electrons. The lowest BCUT2D eigenvalue weighted by molar-refractivity contribution is -0.0604. The molecule has 2 heteroatoms. The molecule has 2 nitrogen and oxygen atoms in total. The summed E-state index contributed by atoms with van der Waals surface area (Å²) in [7, 11) is 0. The molecule has 1 aliphatic heterocycles. The van der Waals surface area contributed by atoms with E-state index in [9.17, 15) is 0 Å². The fraction of sp³-hybridized carbons (Fsp3) is 0.818. The van der Waals surface area contributed by atoms with Crippen molar-refractivity contribution >= 4 is 0 Å². The molecule has 0 radical (unpaired) electrons. The molecule has 1 heterocycles. The molecule has 0 aromatic carbocycles. The molecular weight excluding hydrogens is 294 g/mol. The van der Waals surface area contributed by atoms with Crippen molar-refractivity contribution < 1.29 is 4.84 Å². The summed E-state index contributed by atoms with van der Waals surface area (Å²) in [6.45, 7) is 3.30. The molecule has 0 saturated heterocycles. The number of unbranched alkanes of at least 4 members (excludes halogenated alkanes) is 15. The maximum atomic E-state index is 5.37. The van der Waals surface area contributed by atoms with Gasteiger partial charge in [-0.25, -0.2) is 5.06 Å². The lowest BCUT2D eigenvalue weighted by atomic mass is 10.0. The summed E-state index contributed by atoms with van der Waals surface area (Å²) < 4.78 is 0. The molecule has 0 atom stereocenters. The highest BCUT2D eigenvalue weighted by Crippen LogP contribution is 2.14. The molecule has 0 aliphatic carbocycles. The van der Waals surface area contributed by atoms with Gasteiger partial charge in [0.25, 0.3) is 0 Å². The van der Waals surface area contributed by atoms with Crippen molar-refractivity contribution in [1.29, 1.82) is 0 Å². The highest BCUT2D eigenvalue weighted by atomic mass is 16.7. The molecule has 0 aromatic heterocycles. The zero-order valence-corrected chi connectivity index (χ0v) is 16.2. The van der Waals surface area contributed by atoms with Crippen LogP contribution in [0.4, 0.5) is 0 Å². The predicted octanol–water partition coefficient (Wildman–Crippen LogP) is 7.52. The second-order valence-electron chi connectivity index (χ2n) is 7.22. The first-order chi connectivity index (χ1) is 11.9. The third-order valence-corrected chi connectivity index (χ3v) is 4.87. The van der Waals surface area contributed by atoms with E-state index >= 15 is 0 Å². The number of hydrogen-bond donors (Lipinski definition) is 0.